The topological polar surface area (TPSA) is 25.8 Å². The molecule has 2 heterocycles. The minimum atomic E-state index is 0.263. The molecule has 0 fully saturated rings. The molecule has 16 heavy (non-hydrogen) atoms. The Kier molecular flexibility index (Phi) is 3.95. The fourth-order valence-corrected chi connectivity index (χ4v) is 3.09. The summed E-state index contributed by atoms with van der Waals surface area (Å²) in [6, 6.07) is 1.95. The monoisotopic (exact) mass is 316 g/mol. The maximum atomic E-state index is 6.07. The highest BCUT2D eigenvalue weighted by molar-refractivity contribution is 9.09. The van der Waals surface area contributed by atoms with Crippen LogP contribution in [0.5, 0.6) is 0 Å². The lowest BCUT2D eigenvalue weighted by molar-refractivity contribution is 0.960. The van der Waals surface area contributed by atoms with Crippen LogP contribution >= 0.6 is 38.9 Å². The van der Waals surface area contributed by atoms with E-state index in [4.69, 9.17) is 11.6 Å². The van der Waals surface area contributed by atoms with Gasteiger partial charge in [0.05, 0.1) is 14.9 Å². The van der Waals surface area contributed by atoms with Gasteiger partial charge in [0.2, 0.25) is 0 Å². The van der Waals surface area contributed by atoms with Gasteiger partial charge in [0, 0.05) is 23.5 Å². The average molecular weight is 318 g/mol. The lowest BCUT2D eigenvalue weighted by atomic mass is 10.1. The number of rotatable bonds is 3. The minimum absolute atomic E-state index is 0.263. The third-order valence-electron chi connectivity index (χ3n) is 2.20. The molecule has 5 heteroatoms. The van der Waals surface area contributed by atoms with E-state index < -0.39 is 0 Å². The van der Waals surface area contributed by atoms with Gasteiger partial charge in [-0.15, -0.1) is 11.3 Å². The number of aryl methyl sites for hydroxylation is 1. The first-order chi connectivity index (χ1) is 7.66. The molecule has 0 aromatic carbocycles. The Labute approximate surface area is 112 Å². The van der Waals surface area contributed by atoms with Crippen molar-refractivity contribution >= 4 is 38.9 Å². The van der Waals surface area contributed by atoms with Gasteiger partial charge in [-0.05, 0) is 25.0 Å². The first-order valence-corrected chi connectivity index (χ1v) is 6.92. The fraction of sp³-hybridized carbons (Fsp3) is 0.273. The third kappa shape index (κ3) is 2.81. The van der Waals surface area contributed by atoms with E-state index in [1.54, 1.807) is 23.7 Å². The van der Waals surface area contributed by atoms with Crippen molar-refractivity contribution in [3.63, 3.8) is 0 Å². The smallest absolute Gasteiger partial charge is 0.0897 e. The second-order valence-electron chi connectivity index (χ2n) is 3.42. The molecule has 0 aliphatic carbocycles. The average Bonchev–Trinajstić information content (AvgIpc) is 2.68. The Morgan fingerprint density at radius 1 is 1.50 bits per heavy atom. The van der Waals surface area contributed by atoms with Crippen molar-refractivity contribution in [3.8, 4) is 0 Å². The van der Waals surface area contributed by atoms with Crippen molar-refractivity contribution in [2.45, 2.75) is 18.2 Å². The molecule has 0 bridgehead atoms. The van der Waals surface area contributed by atoms with Crippen LogP contribution in [0.1, 0.15) is 20.3 Å². The molecule has 0 N–H and O–H groups in total. The van der Waals surface area contributed by atoms with Gasteiger partial charge in [-0.3, -0.25) is 4.98 Å². The highest BCUT2D eigenvalue weighted by Gasteiger charge is 2.13. The number of aromatic nitrogens is 2. The number of pyridine rings is 1. The largest absolute Gasteiger partial charge is 0.263 e. The summed E-state index contributed by atoms with van der Waals surface area (Å²) in [5.41, 5.74) is 1.10. The lowest BCUT2D eigenvalue weighted by Gasteiger charge is -2.08. The molecule has 1 unspecified atom stereocenters. The van der Waals surface area contributed by atoms with Crippen molar-refractivity contribution in [2.24, 2.45) is 0 Å². The molecule has 0 spiro atoms. The van der Waals surface area contributed by atoms with E-state index in [2.05, 4.69) is 25.9 Å². The summed E-state index contributed by atoms with van der Waals surface area (Å²) in [5, 5.41) is 1.80. The van der Waals surface area contributed by atoms with Crippen LogP contribution in [0.4, 0.5) is 0 Å². The van der Waals surface area contributed by atoms with Crippen LogP contribution in [0.25, 0.3) is 0 Å². The van der Waals surface area contributed by atoms with Crippen LogP contribution in [0.2, 0.25) is 5.02 Å². The lowest BCUT2D eigenvalue weighted by Crippen LogP contribution is -1.94. The summed E-state index contributed by atoms with van der Waals surface area (Å²) in [5.74, 6) is 0. The summed E-state index contributed by atoms with van der Waals surface area (Å²) in [6.45, 7) is 2.01. The van der Waals surface area contributed by atoms with E-state index >= 15 is 0 Å². The third-order valence-corrected chi connectivity index (χ3v) is 4.69. The van der Waals surface area contributed by atoms with Crippen molar-refractivity contribution in [2.75, 3.05) is 0 Å². The van der Waals surface area contributed by atoms with E-state index in [1.807, 2.05) is 19.2 Å². The van der Waals surface area contributed by atoms with E-state index in [0.29, 0.717) is 5.02 Å². The van der Waals surface area contributed by atoms with E-state index in [1.165, 1.54) is 4.88 Å². The zero-order valence-electron chi connectivity index (χ0n) is 8.65. The quantitative estimate of drug-likeness (QED) is 0.794. The Bertz CT molecular complexity index is 486. The SMILES string of the molecule is Cc1ncc(C(Br)Cc2ccncc2Cl)s1. The number of hydrogen-bond acceptors (Lipinski definition) is 3. The van der Waals surface area contributed by atoms with Crippen molar-refractivity contribution in [1.82, 2.24) is 9.97 Å². The van der Waals surface area contributed by atoms with Gasteiger partial charge >= 0.3 is 0 Å². The maximum absolute atomic E-state index is 6.07. The van der Waals surface area contributed by atoms with Crippen LogP contribution in [0, 0.1) is 6.92 Å². The van der Waals surface area contributed by atoms with Crippen LogP contribution in [0.3, 0.4) is 0 Å². The van der Waals surface area contributed by atoms with Crippen molar-refractivity contribution in [3.05, 3.63) is 45.1 Å². The summed E-state index contributed by atoms with van der Waals surface area (Å²) >= 11 is 11.4. The predicted octanol–water partition coefficient (Wildman–Crippen LogP) is 4.18. The fourth-order valence-electron chi connectivity index (χ4n) is 1.39. The highest BCUT2D eigenvalue weighted by Crippen LogP contribution is 2.32. The Balaban J connectivity index is 2.13. The predicted molar refractivity (Wildman–Crippen MR) is 71.5 cm³/mol. The molecule has 1 atom stereocenters. The zero-order valence-corrected chi connectivity index (χ0v) is 11.8. The van der Waals surface area contributed by atoms with Gasteiger partial charge in [0.15, 0.2) is 0 Å². The van der Waals surface area contributed by atoms with Crippen LogP contribution in [-0.2, 0) is 6.42 Å². The molecule has 0 aliphatic heterocycles. The van der Waals surface area contributed by atoms with E-state index in [-0.39, 0.29) is 4.83 Å². The van der Waals surface area contributed by atoms with Gasteiger partial charge < -0.3 is 0 Å². The number of thiazole rings is 1. The van der Waals surface area contributed by atoms with Gasteiger partial charge in [-0.2, -0.15) is 0 Å². The Hall–Kier alpha value is -0.450. The number of hydrogen-bond donors (Lipinski definition) is 0. The molecule has 0 saturated carbocycles. The molecule has 84 valence electrons. The molecule has 0 amide bonds. The Morgan fingerprint density at radius 3 is 2.94 bits per heavy atom. The summed E-state index contributed by atoms with van der Waals surface area (Å²) in [7, 11) is 0. The standard InChI is InChI=1S/C11H10BrClN2S/c1-7-15-6-11(16-7)9(12)4-8-2-3-14-5-10(8)13/h2-3,5-6,9H,4H2,1H3. The normalized spacial score (nSPS) is 12.7. The van der Waals surface area contributed by atoms with Crippen LogP contribution < -0.4 is 0 Å². The van der Waals surface area contributed by atoms with E-state index in [0.717, 1.165) is 17.0 Å². The molecular weight excluding hydrogens is 308 g/mol. The number of alkyl halides is 1. The van der Waals surface area contributed by atoms with Crippen molar-refractivity contribution in [1.29, 1.82) is 0 Å². The summed E-state index contributed by atoms with van der Waals surface area (Å²) < 4.78 is 0. The zero-order chi connectivity index (χ0) is 11.5. The van der Waals surface area contributed by atoms with Crippen molar-refractivity contribution < 1.29 is 0 Å². The summed E-state index contributed by atoms with van der Waals surface area (Å²) in [4.78, 5) is 9.71. The molecule has 0 radical (unpaired) electrons. The molecule has 2 aromatic rings. The number of nitrogens with zero attached hydrogens (tertiary/aromatic N) is 2. The first-order valence-electron chi connectivity index (χ1n) is 4.81. The molecular formula is C11H10BrClN2S. The molecule has 2 rings (SSSR count). The van der Waals surface area contributed by atoms with Crippen LogP contribution in [0.15, 0.2) is 24.7 Å². The van der Waals surface area contributed by atoms with Crippen LogP contribution in [-0.4, -0.2) is 9.97 Å². The van der Waals surface area contributed by atoms with Gasteiger partial charge in [-0.1, -0.05) is 27.5 Å². The highest BCUT2D eigenvalue weighted by atomic mass is 79.9. The first kappa shape index (κ1) is 12.0. The Morgan fingerprint density at radius 2 is 2.31 bits per heavy atom. The second-order valence-corrected chi connectivity index (χ2v) is 6.20. The molecule has 2 aromatic heterocycles. The maximum Gasteiger partial charge on any atom is 0.0897 e. The molecule has 0 saturated heterocycles. The molecule has 0 aliphatic rings. The summed E-state index contributed by atoms with van der Waals surface area (Å²) in [6.07, 6.45) is 6.20. The molecule has 2 nitrogen and oxygen atoms in total. The minimum Gasteiger partial charge on any atom is -0.263 e. The number of halogens is 2. The van der Waals surface area contributed by atoms with Gasteiger partial charge in [-0.25, -0.2) is 4.98 Å². The van der Waals surface area contributed by atoms with Gasteiger partial charge in [0.1, 0.15) is 0 Å². The second kappa shape index (κ2) is 5.25. The van der Waals surface area contributed by atoms with E-state index in [9.17, 15) is 0 Å². The van der Waals surface area contributed by atoms with Gasteiger partial charge in [0.25, 0.3) is 0 Å².